The fourth-order valence-corrected chi connectivity index (χ4v) is 1.25. The molecule has 1 aromatic carbocycles. The van der Waals surface area contributed by atoms with Gasteiger partial charge >= 0.3 is 5.97 Å². The van der Waals surface area contributed by atoms with Crippen molar-refractivity contribution < 1.29 is 23.8 Å². The molecule has 1 N–H and O–H groups in total. The number of carbonyl (C=O) groups excluding carboxylic acids is 1. The van der Waals surface area contributed by atoms with Crippen molar-refractivity contribution in [1.82, 2.24) is 0 Å². The lowest BCUT2D eigenvalue weighted by atomic mass is 10.2. The molecule has 0 atom stereocenters. The van der Waals surface area contributed by atoms with Crippen LogP contribution in [-0.4, -0.2) is 31.1 Å². The first-order valence-electron chi connectivity index (χ1n) is 4.98. The van der Waals surface area contributed by atoms with Gasteiger partial charge in [-0.2, -0.15) is 0 Å². The molecule has 6 heteroatoms. The van der Waals surface area contributed by atoms with Gasteiger partial charge in [0, 0.05) is 31.0 Å². The number of likely N-dealkylation sites (N-methyl/N-ethyl adjacent to an activating group) is 1. The van der Waals surface area contributed by atoms with Crippen molar-refractivity contribution in [2.75, 3.05) is 19.1 Å². The van der Waals surface area contributed by atoms with Crippen LogP contribution in [0.1, 0.15) is 0 Å². The first-order chi connectivity index (χ1) is 8.45. The fourth-order valence-electron chi connectivity index (χ4n) is 1.25. The Morgan fingerprint density at radius 3 is 2.56 bits per heavy atom. The van der Waals surface area contributed by atoms with Crippen LogP contribution in [0.4, 0.5) is 10.1 Å². The van der Waals surface area contributed by atoms with Crippen LogP contribution in [0.25, 0.3) is 0 Å². The van der Waals surface area contributed by atoms with Crippen molar-refractivity contribution in [3.63, 3.8) is 0 Å². The van der Waals surface area contributed by atoms with Crippen molar-refractivity contribution in [2.24, 2.45) is 0 Å². The Hall–Kier alpha value is -2.37. The smallest absolute Gasteiger partial charge is 0.328 e. The van der Waals surface area contributed by atoms with E-state index in [0.717, 1.165) is 23.1 Å². The Morgan fingerprint density at radius 1 is 1.39 bits per heavy atom. The highest BCUT2D eigenvalue weighted by molar-refractivity contribution is 6.03. The highest BCUT2D eigenvalue weighted by atomic mass is 19.1. The molecule has 0 bridgehead atoms. The van der Waals surface area contributed by atoms with Crippen LogP contribution in [0.5, 0.6) is 5.75 Å². The van der Waals surface area contributed by atoms with Gasteiger partial charge in [0.25, 0.3) is 5.91 Å². The predicted molar refractivity (Wildman–Crippen MR) is 63.1 cm³/mol. The number of carbonyl (C=O) groups is 2. The quantitative estimate of drug-likeness (QED) is 0.824. The molecule has 18 heavy (non-hydrogen) atoms. The number of ether oxygens (including phenoxy) is 1. The Labute approximate surface area is 103 Å². The maximum absolute atomic E-state index is 13.4. The standard InChI is InChI=1S/C12H12FNO4/c1-14(11(15)5-6-12(16)17)8-3-4-10(18-2)9(13)7-8/h3-7H,1-2H3,(H,16,17)/b6-5+. The summed E-state index contributed by atoms with van der Waals surface area (Å²) in [6.07, 6.45) is 1.61. The number of carboxylic acid groups (broad SMARTS) is 1. The Bertz CT molecular complexity index is 499. The molecule has 0 fully saturated rings. The predicted octanol–water partition coefficient (Wildman–Crippen LogP) is 1.44. The fraction of sp³-hybridized carbons (Fsp3) is 0.167. The molecule has 1 amide bonds. The summed E-state index contributed by atoms with van der Waals surface area (Å²) in [5.41, 5.74) is 0.299. The Balaban J connectivity index is 2.90. The zero-order chi connectivity index (χ0) is 13.7. The lowest BCUT2D eigenvalue weighted by Crippen LogP contribution is -2.24. The zero-order valence-electron chi connectivity index (χ0n) is 9.88. The van der Waals surface area contributed by atoms with Gasteiger partial charge in [0.15, 0.2) is 11.6 Å². The molecule has 0 saturated heterocycles. The van der Waals surface area contributed by atoms with E-state index in [1.807, 2.05) is 0 Å². The second kappa shape index (κ2) is 5.81. The molecule has 0 aliphatic rings. The SMILES string of the molecule is COc1ccc(N(C)C(=O)/C=C/C(=O)O)cc1F. The Morgan fingerprint density at radius 2 is 2.06 bits per heavy atom. The topological polar surface area (TPSA) is 66.8 Å². The molecule has 0 heterocycles. The van der Waals surface area contributed by atoms with Gasteiger partial charge in [-0.3, -0.25) is 4.79 Å². The molecular weight excluding hydrogens is 241 g/mol. The summed E-state index contributed by atoms with van der Waals surface area (Å²) < 4.78 is 18.2. The molecule has 0 radical (unpaired) electrons. The highest BCUT2D eigenvalue weighted by Crippen LogP contribution is 2.22. The van der Waals surface area contributed by atoms with Crippen LogP contribution >= 0.6 is 0 Å². The molecule has 5 nitrogen and oxygen atoms in total. The number of halogens is 1. The third-order valence-corrected chi connectivity index (χ3v) is 2.22. The summed E-state index contributed by atoms with van der Waals surface area (Å²) >= 11 is 0. The van der Waals surface area contributed by atoms with Gasteiger partial charge in [0.05, 0.1) is 7.11 Å². The van der Waals surface area contributed by atoms with Gasteiger partial charge in [-0.15, -0.1) is 0 Å². The second-order valence-corrected chi connectivity index (χ2v) is 3.39. The summed E-state index contributed by atoms with van der Waals surface area (Å²) in [5, 5.41) is 8.39. The molecule has 0 unspecified atom stereocenters. The van der Waals surface area contributed by atoms with Crippen molar-refractivity contribution in [3.8, 4) is 5.75 Å². The molecular formula is C12H12FNO4. The molecule has 1 aromatic rings. The maximum atomic E-state index is 13.4. The summed E-state index contributed by atoms with van der Waals surface area (Å²) in [6.45, 7) is 0. The average Bonchev–Trinajstić information content (AvgIpc) is 2.34. The summed E-state index contributed by atoms with van der Waals surface area (Å²) in [4.78, 5) is 22.9. The monoisotopic (exact) mass is 253 g/mol. The van der Waals surface area contributed by atoms with Crippen LogP contribution in [0.2, 0.25) is 0 Å². The second-order valence-electron chi connectivity index (χ2n) is 3.39. The number of hydrogen-bond acceptors (Lipinski definition) is 3. The zero-order valence-corrected chi connectivity index (χ0v) is 9.88. The van der Waals surface area contributed by atoms with E-state index in [9.17, 15) is 14.0 Å². The van der Waals surface area contributed by atoms with Gasteiger partial charge in [-0.1, -0.05) is 0 Å². The molecule has 0 aromatic heterocycles. The highest BCUT2D eigenvalue weighted by Gasteiger charge is 2.11. The van der Waals surface area contributed by atoms with Crippen molar-refractivity contribution in [3.05, 3.63) is 36.2 Å². The number of amides is 1. The molecule has 0 saturated carbocycles. The lowest BCUT2D eigenvalue weighted by Gasteiger charge is -2.15. The van der Waals surface area contributed by atoms with Crippen LogP contribution in [0.15, 0.2) is 30.4 Å². The van der Waals surface area contributed by atoms with Crippen molar-refractivity contribution in [2.45, 2.75) is 0 Å². The number of rotatable bonds is 4. The van der Waals surface area contributed by atoms with Crippen molar-refractivity contribution in [1.29, 1.82) is 0 Å². The number of nitrogens with zero attached hydrogens (tertiary/aromatic N) is 1. The van der Waals surface area contributed by atoms with Gasteiger partial charge in [-0.25, -0.2) is 9.18 Å². The Kier molecular flexibility index (Phi) is 4.42. The third-order valence-electron chi connectivity index (χ3n) is 2.22. The maximum Gasteiger partial charge on any atom is 0.328 e. The van der Waals surface area contributed by atoms with Gasteiger partial charge < -0.3 is 14.7 Å². The van der Waals surface area contributed by atoms with Crippen LogP contribution in [0, 0.1) is 5.82 Å². The summed E-state index contributed by atoms with van der Waals surface area (Å²) in [6, 6.07) is 4.01. The van der Waals surface area contributed by atoms with Gasteiger partial charge in [-0.05, 0) is 12.1 Å². The lowest BCUT2D eigenvalue weighted by molar-refractivity contribution is -0.131. The van der Waals surface area contributed by atoms with Crippen LogP contribution < -0.4 is 9.64 Å². The van der Waals surface area contributed by atoms with E-state index in [1.54, 1.807) is 0 Å². The van der Waals surface area contributed by atoms with Gasteiger partial charge in [0.1, 0.15) is 0 Å². The van der Waals surface area contributed by atoms with E-state index in [2.05, 4.69) is 0 Å². The van der Waals surface area contributed by atoms with E-state index in [0.29, 0.717) is 5.69 Å². The number of anilines is 1. The number of hydrogen-bond donors (Lipinski definition) is 1. The average molecular weight is 253 g/mol. The minimum Gasteiger partial charge on any atom is -0.494 e. The number of aliphatic carboxylic acids is 1. The van der Waals surface area contributed by atoms with E-state index < -0.39 is 17.7 Å². The summed E-state index contributed by atoms with van der Waals surface area (Å²) in [7, 11) is 2.75. The third kappa shape index (κ3) is 3.31. The minimum absolute atomic E-state index is 0.0701. The largest absolute Gasteiger partial charge is 0.494 e. The minimum atomic E-state index is -1.22. The first kappa shape index (κ1) is 13.7. The van der Waals surface area contributed by atoms with Crippen LogP contribution in [-0.2, 0) is 9.59 Å². The number of carboxylic acids is 1. The van der Waals surface area contributed by atoms with E-state index in [1.165, 1.54) is 26.3 Å². The molecule has 0 spiro atoms. The van der Waals surface area contributed by atoms with E-state index in [-0.39, 0.29) is 5.75 Å². The molecule has 1 rings (SSSR count). The summed E-state index contributed by atoms with van der Waals surface area (Å²) in [5.74, 6) is -2.32. The first-order valence-corrected chi connectivity index (χ1v) is 4.98. The normalized spacial score (nSPS) is 10.4. The molecule has 96 valence electrons. The van der Waals surface area contributed by atoms with Crippen molar-refractivity contribution >= 4 is 17.6 Å². The van der Waals surface area contributed by atoms with Gasteiger partial charge in [0.2, 0.25) is 0 Å². The molecule has 0 aliphatic heterocycles. The number of benzene rings is 1. The van der Waals surface area contributed by atoms with Crippen LogP contribution in [0.3, 0.4) is 0 Å². The number of methoxy groups -OCH3 is 1. The van der Waals surface area contributed by atoms with E-state index >= 15 is 0 Å². The molecule has 0 aliphatic carbocycles. The van der Waals surface area contributed by atoms with E-state index in [4.69, 9.17) is 9.84 Å².